The van der Waals surface area contributed by atoms with Gasteiger partial charge in [0.05, 0.1) is 5.69 Å². The maximum atomic E-state index is 4.56. The Morgan fingerprint density at radius 3 is 2.58 bits per heavy atom. The molecular formula is C16H29N3. The van der Waals surface area contributed by atoms with Gasteiger partial charge in [0, 0.05) is 19.3 Å². The molecule has 1 aromatic heterocycles. The Balaban J connectivity index is 2.42. The van der Waals surface area contributed by atoms with Gasteiger partial charge in [0.2, 0.25) is 0 Å². The predicted octanol–water partition coefficient (Wildman–Crippen LogP) is 3.06. The van der Waals surface area contributed by atoms with Crippen LogP contribution in [0.25, 0.3) is 0 Å². The van der Waals surface area contributed by atoms with Crippen LogP contribution >= 0.6 is 0 Å². The van der Waals surface area contributed by atoms with Gasteiger partial charge in [-0.1, -0.05) is 33.8 Å². The largest absolute Gasteiger partial charge is 0.312 e. The van der Waals surface area contributed by atoms with Gasteiger partial charge < -0.3 is 5.32 Å². The summed E-state index contributed by atoms with van der Waals surface area (Å²) in [7, 11) is 0. The molecule has 0 radical (unpaired) electrons. The van der Waals surface area contributed by atoms with Crippen LogP contribution in [-0.4, -0.2) is 29.5 Å². The predicted molar refractivity (Wildman–Crippen MR) is 82.0 cm³/mol. The number of hydrogen-bond donors (Lipinski definition) is 1. The number of hydrogen-bond acceptors (Lipinski definition) is 3. The van der Waals surface area contributed by atoms with E-state index < -0.39 is 0 Å². The second-order valence-electron chi connectivity index (χ2n) is 5.55. The summed E-state index contributed by atoms with van der Waals surface area (Å²) in [6, 6.07) is 4.35. The molecule has 0 unspecified atom stereocenters. The summed E-state index contributed by atoms with van der Waals surface area (Å²) in [6.07, 6.45) is 3.20. The van der Waals surface area contributed by atoms with Crippen molar-refractivity contribution in [2.45, 2.75) is 47.2 Å². The van der Waals surface area contributed by atoms with Crippen molar-refractivity contribution < 1.29 is 0 Å². The van der Waals surface area contributed by atoms with Crippen molar-refractivity contribution in [3.8, 4) is 0 Å². The first-order valence-corrected chi connectivity index (χ1v) is 7.52. The topological polar surface area (TPSA) is 28.2 Å². The molecule has 0 aliphatic heterocycles. The normalized spacial score (nSPS) is 11.5. The molecule has 1 aromatic rings. The van der Waals surface area contributed by atoms with E-state index in [9.17, 15) is 0 Å². The molecule has 0 spiro atoms. The second-order valence-corrected chi connectivity index (χ2v) is 5.55. The van der Waals surface area contributed by atoms with Gasteiger partial charge in [-0.2, -0.15) is 0 Å². The van der Waals surface area contributed by atoms with E-state index in [1.165, 1.54) is 17.7 Å². The Morgan fingerprint density at radius 2 is 2.05 bits per heavy atom. The molecule has 0 amide bonds. The van der Waals surface area contributed by atoms with Crippen LogP contribution in [0.4, 0.5) is 0 Å². The van der Waals surface area contributed by atoms with E-state index in [1.807, 2.05) is 6.20 Å². The van der Waals surface area contributed by atoms with E-state index in [4.69, 9.17) is 0 Å². The second kappa shape index (κ2) is 9.05. The third-order valence-electron chi connectivity index (χ3n) is 3.14. The molecule has 19 heavy (non-hydrogen) atoms. The average Bonchev–Trinajstić information content (AvgIpc) is 2.39. The molecule has 3 heteroatoms. The number of nitrogens with one attached hydrogen (secondary N) is 1. The minimum absolute atomic E-state index is 0.694. The molecule has 0 aromatic carbocycles. The molecular weight excluding hydrogens is 234 g/mol. The van der Waals surface area contributed by atoms with E-state index in [1.54, 1.807) is 0 Å². The summed E-state index contributed by atoms with van der Waals surface area (Å²) < 4.78 is 0. The van der Waals surface area contributed by atoms with E-state index in [0.717, 1.165) is 32.7 Å². The van der Waals surface area contributed by atoms with Gasteiger partial charge in [-0.25, -0.2) is 0 Å². The summed E-state index contributed by atoms with van der Waals surface area (Å²) in [5.74, 6) is 0.694. The highest BCUT2D eigenvalue weighted by atomic mass is 15.1. The van der Waals surface area contributed by atoms with Crippen molar-refractivity contribution in [2.24, 2.45) is 5.92 Å². The van der Waals surface area contributed by atoms with Crippen molar-refractivity contribution in [1.29, 1.82) is 0 Å². The van der Waals surface area contributed by atoms with Crippen molar-refractivity contribution in [3.05, 3.63) is 29.6 Å². The SMILES string of the molecule is CCCN(CC)Cc1ccc(CNCC(C)C)cn1. The lowest BCUT2D eigenvalue weighted by Gasteiger charge is -2.18. The van der Waals surface area contributed by atoms with Crippen LogP contribution in [0.15, 0.2) is 18.3 Å². The summed E-state index contributed by atoms with van der Waals surface area (Å²) in [6.45, 7) is 14.1. The molecule has 0 bridgehead atoms. The van der Waals surface area contributed by atoms with E-state index >= 15 is 0 Å². The van der Waals surface area contributed by atoms with Gasteiger partial charge in [0.1, 0.15) is 0 Å². The van der Waals surface area contributed by atoms with Crippen molar-refractivity contribution >= 4 is 0 Å². The van der Waals surface area contributed by atoms with Gasteiger partial charge in [0.15, 0.2) is 0 Å². The van der Waals surface area contributed by atoms with Crippen LogP contribution in [0.3, 0.4) is 0 Å². The molecule has 1 heterocycles. The first-order valence-electron chi connectivity index (χ1n) is 7.52. The van der Waals surface area contributed by atoms with E-state index in [2.05, 4.69) is 55.0 Å². The molecule has 0 fully saturated rings. The van der Waals surface area contributed by atoms with Gasteiger partial charge in [-0.15, -0.1) is 0 Å². The fourth-order valence-electron chi connectivity index (χ4n) is 2.05. The molecule has 0 saturated carbocycles. The van der Waals surface area contributed by atoms with Crippen molar-refractivity contribution in [1.82, 2.24) is 15.2 Å². The smallest absolute Gasteiger partial charge is 0.0544 e. The van der Waals surface area contributed by atoms with Crippen LogP contribution in [0.1, 0.15) is 45.4 Å². The molecule has 0 atom stereocenters. The minimum Gasteiger partial charge on any atom is -0.312 e. The Hall–Kier alpha value is -0.930. The Kier molecular flexibility index (Phi) is 7.68. The monoisotopic (exact) mass is 263 g/mol. The summed E-state index contributed by atoms with van der Waals surface area (Å²) in [4.78, 5) is 6.99. The summed E-state index contributed by atoms with van der Waals surface area (Å²) in [5, 5.41) is 3.44. The number of nitrogens with zero attached hydrogens (tertiary/aromatic N) is 2. The Bertz CT molecular complexity index is 332. The zero-order valence-corrected chi connectivity index (χ0v) is 12.9. The molecule has 0 saturated heterocycles. The molecule has 108 valence electrons. The van der Waals surface area contributed by atoms with Crippen LogP contribution in [0.5, 0.6) is 0 Å². The maximum absolute atomic E-state index is 4.56. The minimum atomic E-state index is 0.694. The Labute approximate surface area is 118 Å². The molecule has 0 aliphatic rings. The Morgan fingerprint density at radius 1 is 1.26 bits per heavy atom. The van der Waals surface area contributed by atoms with Crippen LogP contribution in [0.2, 0.25) is 0 Å². The molecule has 3 nitrogen and oxygen atoms in total. The van der Waals surface area contributed by atoms with E-state index in [0.29, 0.717) is 5.92 Å². The molecule has 1 N–H and O–H groups in total. The fourth-order valence-corrected chi connectivity index (χ4v) is 2.05. The number of rotatable bonds is 9. The van der Waals surface area contributed by atoms with Gasteiger partial charge in [-0.3, -0.25) is 9.88 Å². The first kappa shape index (κ1) is 16.1. The average molecular weight is 263 g/mol. The van der Waals surface area contributed by atoms with Gasteiger partial charge in [-0.05, 0) is 43.6 Å². The van der Waals surface area contributed by atoms with Gasteiger partial charge >= 0.3 is 0 Å². The highest BCUT2D eigenvalue weighted by molar-refractivity contribution is 5.14. The molecule has 1 rings (SSSR count). The summed E-state index contributed by atoms with van der Waals surface area (Å²) >= 11 is 0. The zero-order chi connectivity index (χ0) is 14.1. The lowest BCUT2D eigenvalue weighted by molar-refractivity contribution is 0.277. The fraction of sp³-hybridized carbons (Fsp3) is 0.688. The quantitative estimate of drug-likeness (QED) is 0.742. The van der Waals surface area contributed by atoms with Crippen molar-refractivity contribution in [2.75, 3.05) is 19.6 Å². The van der Waals surface area contributed by atoms with Crippen LogP contribution in [-0.2, 0) is 13.1 Å². The highest BCUT2D eigenvalue weighted by Crippen LogP contribution is 2.05. The van der Waals surface area contributed by atoms with Crippen LogP contribution in [0, 0.1) is 5.92 Å². The standard InChI is InChI=1S/C16H29N3/c1-5-9-19(6-2)13-16-8-7-15(12-18-16)11-17-10-14(3)4/h7-8,12,14,17H,5-6,9-11,13H2,1-4H3. The lowest BCUT2D eigenvalue weighted by atomic mass is 10.2. The first-order chi connectivity index (χ1) is 9.15. The number of pyridine rings is 1. The van der Waals surface area contributed by atoms with Crippen LogP contribution < -0.4 is 5.32 Å². The summed E-state index contributed by atoms with van der Waals surface area (Å²) in [5.41, 5.74) is 2.44. The number of aromatic nitrogens is 1. The van der Waals surface area contributed by atoms with E-state index in [-0.39, 0.29) is 0 Å². The lowest BCUT2D eigenvalue weighted by Crippen LogP contribution is -2.24. The third-order valence-corrected chi connectivity index (χ3v) is 3.14. The van der Waals surface area contributed by atoms with Gasteiger partial charge in [0.25, 0.3) is 0 Å². The maximum Gasteiger partial charge on any atom is 0.0544 e. The van der Waals surface area contributed by atoms with Crippen molar-refractivity contribution in [3.63, 3.8) is 0 Å². The zero-order valence-electron chi connectivity index (χ0n) is 12.9. The molecule has 0 aliphatic carbocycles. The third kappa shape index (κ3) is 6.69. The highest BCUT2D eigenvalue weighted by Gasteiger charge is 2.03.